The van der Waals surface area contributed by atoms with E-state index < -0.39 is 10.0 Å². The average Bonchev–Trinajstić information content (AvgIpc) is 2.75. The van der Waals surface area contributed by atoms with E-state index in [0.29, 0.717) is 17.9 Å². The van der Waals surface area contributed by atoms with E-state index in [9.17, 15) is 13.2 Å². The number of hydrogen-bond acceptors (Lipinski definition) is 5. The fourth-order valence-electron chi connectivity index (χ4n) is 2.07. The molecular weight excluding hydrogens is 306 g/mol. The molecule has 118 valence electrons. The maximum Gasteiger partial charge on any atom is 0.238 e. The maximum atomic E-state index is 11.9. The van der Waals surface area contributed by atoms with Crippen molar-refractivity contribution < 1.29 is 17.7 Å². The predicted molar refractivity (Wildman–Crippen MR) is 80.7 cm³/mol. The number of carbonyl (C=O) groups excluding carboxylic acids is 1. The zero-order valence-corrected chi connectivity index (χ0v) is 13.1. The van der Waals surface area contributed by atoms with Gasteiger partial charge in [0.1, 0.15) is 5.76 Å². The molecule has 1 aromatic carbocycles. The molecule has 0 bridgehead atoms. The Morgan fingerprint density at radius 2 is 2.09 bits per heavy atom. The third-order valence-electron chi connectivity index (χ3n) is 3.23. The number of primary sulfonamides is 1. The number of benzene rings is 1. The van der Waals surface area contributed by atoms with E-state index in [1.807, 2.05) is 6.92 Å². The fraction of sp³-hybridized carbons (Fsp3) is 0.286. The molecule has 0 saturated carbocycles. The minimum atomic E-state index is -3.79. The van der Waals surface area contributed by atoms with Crippen molar-refractivity contribution in [1.29, 1.82) is 0 Å². The van der Waals surface area contributed by atoms with Gasteiger partial charge in [-0.25, -0.2) is 13.6 Å². The molecule has 3 N–H and O–H groups in total. The second-order valence-corrected chi connectivity index (χ2v) is 6.49. The molecule has 0 aliphatic heterocycles. The van der Waals surface area contributed by atoms with Crippen LogP contribution in [-0.2, 0) is 21.2 Å². The molecule has 22 heavy (non-hydrogen) atoms. The second kappa shape index (κ2) is 6.29. The van der Waals surface area contributed by atoms with E-state index in [2.05, 4.69) is 10.5 Å². The van der Waals surface area contributed by atoms with Crippen LogP contribution >= 0.6 is 0 Å². The SMILES string of the molecule is Cc1noc(C)c1CCC(=O)Nc1cccc(S(N)(=O)=O)c1. The van der Waals surface area contributed by atoms with Crippen LogP contribution in [-0.4, -0.2) is 19.5 Å². The number of anilines is 1. The summed E-state index contributed by atoms with van der Waals surface area (Å²) in [5, 5.41) is 11.5. The number of rotatable bonds is 5. The topological polar surface area (TPSA) is 115 Å². The summed E-state index contributed by atoms with van der Waals surface area (Å²) in [6, 6.07) is 5.81. The van der Waals surface area contributed by atoms with Gasteiger partial charge in [-0.3, -0.25) is 4.79 Å². The Morgan fingerprint density at radius 3 is 2.68 bits per heavy atom. The van der Waals surface area contributed by atoms with E-state index in [-0.39, 0.29) is 17.2 Å². The van der Waals surface area contributed by atoms with Crippen LogP contribution in [0.1, 0.15) is 23.4 Å². The molecule has 1 aromatic heterocycles. The Bertz CT molecular complexity index is 777. The quantitative estimate of drug-likeness (QED) is 0.865. The highest BCUT2D eigenvalue weighted by Crippen LogP contribution is 2.17. The van der Waals surface area contributed by atoms with Crippen LogP contribution in [0.5, 0.6) is 0 Å². The number of amides is 1. The molecule has 7 nitrogen and oxygen atoms in total. The number of sulfonamides is 1. The number of aromatic nitrogens is 1. The van der Waals surface area contributed by atoms with Crippen molar-refractivity contribution in [2.24, 2.45) is 5.14 Å². The Balaban J connectivity index is 2.01. The fourth-order valence-corrected chi connectivity index (χ4v) is 2.63. The molecule has 8 heteroatoms. The smallest absolute Gasteiger partial charge is 0.238 e. The van der Waals surface area contributed by atoms with Gasteiger partial charge in [0, 0.05) is 17.7 Å². The minimum absolute atomic E-state index is 0.0453. The first-order chi connectivity index (χ1) is 10.3. The van der Waals surface area contributed by atoms with E-state index in [0.717, 1.165) is 11.3 Å². The second-order valence-electron chi connectivity index (χ2n) is 4.92. The van der Waals surface area contributed by atoms with E-state index in [4.69, 9.17) is 9.66 Å². The summed E-state index contributed by atoms with van der Waals surface area (Å²) >= 11 is 0. The van der Waals surface area contributed by atoms with Crippen LogP contribution in [0.4, 0.5) is 5.69 Å². The first kappa shape index (κ1) is 16.2. The van der Waals surface area contributed by atoms with Crippen molar-refractivity contribution >= 4 is 21.6 Å². The molecule has 0 atom stereocenters. The molecule has 2 rings (SSSR count). The van der Waals surface area contributed by atoms with Crippen LogP contribution in [0.15, 0.2) is 33.7 Å². The summed E-state index contributed by atoms with van der Waals surface area (Å²) in [4.78, 5) is 11.9. The van der Waals surface area contributed by atoms with Gasteiger partial charge >= 0.3 is 0 Å². The molecular formula is C14H17N3O4S. The standard InChI is InChI=1S/C14H17N3O4S/c1-9-13(10(2)21-17-9)6-7-14(18)16-11-4-3-5-12(8-11)22(15,19)20/h3-5,8H,6-7H2,1-2H3,(H,16,18)(H2,15,19,20). The predicted octanol–water partition coefficient (Wildman–Crippen LogP) is 1.51. The molecule has 0 saturated heterocycles. The molecule has 2 aromatic rings. The van der Waals surface area contributed by atoms with Gasteiger partial charge in [0.05, 0.1) is 10.6 Å². The number of nitrogens with one attached hydrogen (secondary N) is 1. The molecule has 1 heterocycles. The lowest BCUT2D eigenvalue weighted by atomic mass is 10.1. The van der Waals surface area contributed by atoms with Crippen LogP contribution in [0, 0.1) is 13.8 Å². The van der Waals surface area contributed by atoms with Gasteiger partial charge in [0.25, 0.3) is 0 Å². The molecule has 0 fully saturated rings. The van der Waals surface area contributed by atoms with E-state index >= 15 is 0 Å². The summed E-state index contributed by atoms with van der Waals surface area (Å²) in [5.41, 5.74) is 2.06. The van der Waals surface area contributed by atoms with Crippen molar-refractivity contribution in [2.45, 2.75) is 31.6 Å². The summed E-state index contributed by atoms with van der Waals surface area (Å²) in [6.07, 6.45) is 0.740. The molecule has 0 aliphatic rings. The van der Waals surface area contributed by atoms with Crippen LogP contribution in [0.25, 0.3) is 0 Å². The van der Waals surface area contributed by atoms with Crippen molar-refractivity contribution in [3.8, 4) is 0 Å². The highest BCUT2D eigenvalue weighted by molar-refractivity contribution is 7.89. The van der Waals surface area contributed by atoms with E-state index in [1.54, 1.807) is 13.0 Å². The minimum Gasteiger partial charge on any atom is -0.361 e. The lowest BCUT2D eigenvalue weighted by Crippen LogP contribution is -2.15. The monoisotopic (exact) mass is 323 g/mol. The largest absolute Gasteiger partial charge is 0.361 e. The van der Waals surface area contributed by atoms with Crippen LogP contribution < -0.4 is 10.5 Å². The summed E-state index contributed by atoms with van der Waals surface area (Å²) < 4.78 is 27.6. The average molecular weight is 323 g/mol. The maximum absolute atomic E-state index is 11.9. The van der Waals surface area contributed by atoms with E-state index in [1.165, 1.54) is 18.2 Å². The Labute approximate surface area is 128 Å². The molecule has 1 amide bonds. The highest BCUT2D eigenvalue weighted by Gasteiger charge is 2.12. The zero-order chi connectivity index (χ0) is 16.3. The third-order valence-corrected chi connectivity index (χ3v) is 4.14. The molecule has 0 radical (unpaired) electrons. The number of hydrogen-bond donors (Lipinski definition) is 2. The van der Waals surface area contributed by atoms with Gasteiger partial charge in [0.2, 0.25) is 15.9 Å². The first-order valence-corrected chi connectivity index (χ1v) is 8.16. The molecule has 0 unspecified atom stereocenters. The molecule has 0 spiro atoms. The van der Waals surface area contributed by atoms with Crippen molar-refractivity contribution in [3.63, 3.8) is 0 Å². The van der Waals surface area contributed by atoms with Crippen molar-refractivity contribution in [3.05, 3.63) is 41.3 Å². The third kappa shape index (κ3) is 3.92. The Morgan fingerprint density at radius 1 is 1.36 bits per heavy atom. The number of nitrogens with two attached hydrogens (primary N) is 1. The van der Waals surface area contributed by atoms with Gasteiger partial charge in [-0.1, -0.05) is 11.2 Å². The summed E-state index contributed by atoms with van der Waals surface area (Å²) in [5.74, 6) is 0.466. The van der Waals surface area contributed by atoms with Crippen LogP contribution in [0.3, 0.4) is 0 Å². The first-order valence-electron chi connectivity index (χ1n) is 6.62. The number of nitrogens with zero attached hydrogens (tertiary/aromatic N) is 1. The number of carbonyl (C=O) groups is 1. The normalized spacial score (nSPS) is 11.4. The van der Waals surface area contributed by atoms with Gasteiger partial charge in [-0.2, -0.15) is 0 Å². The summed E-state index contributed by atoms with van der Waals surface area (Å²) in [7, 11) is -3.79. The van der Waals surface area contributed by atoms with Gasteiger partial charge in [0.15, 0.2) is 0 Å². The van der Waals surface area contributed by atoms with Crippen molar-refractivity contribution in [2.75, 3.05) is 5.32 Å². The van der Waals surface area contributed by atoms with Gasteiger partial charge in [-0.15, -0.1) is 0 Å². The Hall–Kier alpha value is -2.19. The highest BCUT2D eigenvalue weighted by atomic mass is 32.2. The number of aryl methyl sites for hydroxylation is 2. The zero-order valence-electron chi connectivity index (χ0n) is 12.3. The van der Waals surface area contributed by atoms with Crippen molar-refractivity contribution in [1.82, 2.24) is 5.16 Å². The van der Waals surface area contributed by atoms with Gasteiger partial charge < -0.3 is 9.84 Å². The molecule has 0 aliphatic carbocycles. The lowest BCUT2D eigenvalue weighted by Gasteiger charge is -2.06. The van der Waals surface area contributed by atoms with Crippen LogP contribution in [0.2, 0.25) is 0 Å². The Kier molecular flexibility index (Phi) is 4.62. The lowest BCUT2D eigenvalue weighted by molar-refractivity contribution is -0.116. The summed E-state index contributed by atoms with van der Waals surface area (Å²) in [6.45, 7) is 3.61. The van der Waals surface area contributed by atoms with Gasteiger partial charge in [-0.05, 0) is 38.5 Å².